The third-order valence-corrected chi connectivity index (χ3v) is 4.51. The number of aromatic nitrogens is 2. The number of fused-ring (bicyclic) bond motifs is 1. The highest BCUT2D eigenvalue weighted by Gasteiger charge is 2.11. The smallest absolute Gasteiger partial charge is 0.257 e. The van der Waals surface area contributed by atoms with Gasteiger partial charge in [0.25, 0.3) is 5.91 Å². The maximum atomic E-state index is 12.6. The maximum absolute atomic E-state index is 12.6. The third-order valence-electron chi connectivity index (χ3n) is 4.51. The number of amides is 2. The zero-order valence-corrected chi connectivity index (χ0v) is 16.6. The molecule has 28 heavy (non-hydrogen) atoms. The molecule has 0 aliphatic rings. The number of nitrogens with one attached hydrogen (secondary N) is 2. The minimum absolute atomic E-state index is 0.0543. The lowest BCUT2D eigenvalue weighted by Gasteiger charge is -2.13. The second kappa shape index (κ2) is 8.22. The summed E-state index contributed by atoms with van der Waals surface area (Å²) in [6, 6.07) is 9.04. The zero-order chi connectivity index (χ0) is 20.3. The molecule has 0 fully saturated rings. The van der Waals surface area contributed by atoms with Crippen LogP contribution in [0.2, 0.25) is 0 Å². The van der Waals surface area contributed by atoms with Crippen LogP contribution >= 0.6 is 0 Å². The van der Waals surface area contributed by atoms with E-state index < -0.39 is 0 Å². The third kappa shape index (κ3) is 4.55. The van der Waals surface area contributed by atoms with Crippen molar-refractivity contribution >= 4 is 28.8 Å². The van der Waals surface area contributed by atoms with E-state index in [9.17, 15) is 9.59 Å². The number of hydrogen-bond donors (Lipinski definition) is 2. The molecule has 3 rings (SSSR count). The number of rotatable bonds is 6. The van der Waals surface area contributed by atoms with Gasteiger partial charge in [0.15, 0.2) is 0 Å². The summed E-state index contributed by atoms with van der Waals surface area (Å²) in [5.41, 5.74) is 4.55. The van der Waals surface area contributed by atoms with Crippen molar-refractivity contribution in [2.24, 2.45) is 0 Å². The monoisotopic (exact) mass is 379 g/mol. The Bertz CT molecular complexity index is 1020. The Morgan fingerprint density at radius 3 is 2.64 bits per heavy atom. The van der Waals surface area contributed by atoms with Crippen molar-refractivity contribution in [1.29, 1.82) is 0 Å². The van der Waals surface area contributed by atoms with Crippen LogP contribution in [0.5, 0.6) is 0 Å². The van der Waals surface area contributed by atoms with Crippen LogP contribution in [0.25, 0.3) is 5.65 Å². The fourth-order valence-corrected chi connectivity index (χ4v) is 2.81. The van der Waals surface area contributed by atoms with Crippen LogP contribution in [0.4, 0.5) is 11.4 Å². The molecule has 0 atom stereocenters. The highest BCUT2D eigenvalue weighted by molar-refractivity contribution is 6.04. The second-order valence-corrected chi connectivity index (χ2v) is 7.13. The summed E-state index contributed by atoms with van der Waals surface area (Å²) in [5.74, 6) is -0.273. The van der Waals surface area contributed by atoms with Gasteiger partial charge in [-0.25, -0.2) is 4.98 Å². The first-order valence-electron chi connectivity index (χ1n) is 9.14. The van der Waals surface area contributed by atoms with Crippen molar-refractivity contribution in [2.45, 2.75) is 20.3 Å². The molecule has 146 valence electrons. The lowest BCUT2D eigenvalue weighted by Crippen LogP contribution is -2.21. The molecule has 0 aliphatic carbocycles. The molecule has 3 aromatic rings. The Morgan fingerprint density at radius 2 is 1.89 bits per heavy atom. The number of benzene rings is 1. The van der Waals surface area contributed by atoms with E-state index in [1.807, 2.05) is 55.4 Å². The lowest BCUT2D eigenvalue weighted by molar-refractivity contribution is -0.116. The molecule has 0 bridgehead atoms. The number of nitrogens with zero attached hydrogens (tertiary/aromatic N) is 3. The summed E-state index contributed by atoms with van der Waals surface area (Å²) in [4.78, 5) is 31.0. The van der Waals surface area contributed by atoms with Crippen LogP contribution in [0.1, 0.15) is 28.0 Å². The molecule has 1 aromatic carbocycles. The molecule has 7 nitrogen and oxygen atoms in total. The summed E-state index contributed by atoms with van der Waals surface area (Å²) >= 11 is 0. The fourth-order valence-electron chi connectivity index (χ4n) is 2.81. The Kier molecular flexibility index (Phi) is 5.75. The highest BCUT2D eigenvalue weighted by Crippen LogP contribution is 2.21. The molecule has 0 radical (unpaired) electrons. The summed E-state index contributed by atoms with van der Waals surface area (Å²) < 4.78 is 1.88. The fraction of sp³-hybridized carbons (Fsp3) is 0.286. The first-order chi connectivity index (χ1) is 13.3. The van der Waals surface area contributed by atoms with Crippen LogP contribution in [0.3, 0.4) is 0 Å². The van der Waals surface area contributed by atoms with E-state index in [0.29, 0.717) is 29.9 Å². The average molecular weight is 379 g/mol. The minimum Gasteiger partial charge on any atom is -0.326 e. The van der Waals surface area contributed by atoms with E-state index >= 15 is 0 Å². The number of anilines is 2. The molecular weight excluding hydrogens is 354 g/mol. The number of carbonyl (C=O) groups is 2. The number of aryl methyl sites for hydroxylation is 2. The molecule has 2 aromatic heterocycles. The Balaban J connectivity index is 1.73. The molecule has 0 spiro atoms. The van der Waals surface area contributed by atoms with Crippen LogP contribution in [-0.2, 0) is 4.79 Å². The van der Waals surface area contributed by atoms with Gasteiger partial charge >= 0.3 is 0 Å². The first kappa shape index (κ1) is 19.6. The van der Waals surface area contributed by atoms with Crippen LogP contribution < -0.4 is 10.6 Å². The SMILES string of the molecule is Cc1ccc(NC(=O)c2ccc3ncc(C)n3c2)cc1NC(=O)CCN(C)C. The van der Waals surface area contributed by atoms with Gasteiger partial charge in [0.05, 0.1) is 5.56 Å². The van der Waals surface area contributed by atoms with Gasteiger partial charge in [0.1, 0.15) is 5.65 Å². The number of carbonyl (C=O) groups excluding carboxylic acids is 2. The summed E-state index contributed by atoms with van der Waals surface area (Å²) in [5, 5.41) is 5.81. The predicted molar refractivity (Wildman–Crippen MR) is 111 cm³/mol. The summed E-state index contributed by atoms with van der Waals surface area (Å²) in [7, 11) is 3.86. The molecule has 0 saturated carbocycles. The Hall–Kier alpha value is -3.19. The quantitative estimate of drug-likeness (QED) is 0.690. The lowest BCUT2D eigenvalue weighted by atomic mass is 10.1. The molecular formula is C21H25N5O2. The number of hydrogen-bond acceptors (Lipinski definition) is 4. The Labute approximate surface area is 164 Å². The summed E-state index contributed by atoms with van der Waals surface area (Å²) in [6.45, 7) is 4.53. The minimum atomic E-state index is -0.219. The molecule has 2 N–H and O–H groups in total. The van der Waals surface area contributed by atoms with Crippen molar-refractivity contribution < 1.29 is 9.59 Å². The van der Waals surface area contributed by atoms with Crippen LogP contribution in [0, 0.1) is 13.8 Å². The van der Waals surface area contributed by atoms with Crippen molar-refractivity contribution in [3.05, 3.63) is 59.5 Å². The average Bonchev–Trinajstić information content (AvgIpc) is 3.03. The van der Waals surface area contributed by atoms with Gasteiger partial charge in [-0.05, 0) is 57.8 Å². The topological polar surface area (TPSA) is 78.7 Å². The van der Waals surface area contributed by atoms with E-state index in [1.54, 1.807) is 24.5 Å². The van der Waals surface area contributed by atoms with Crippen molar-refractivity contribution in [3.8, 4) is 0 Å². The first-order valence-corrected chi connectivity index (χ1v) is 9.14. The van der Waals surface area contributed by atoms with E-state index in [4.69, 9.17) is 0 Å². The van der Waals surface area contributed by atoms with E-state index in [2.05, 4.69) is 15.6 Å². The predicted octanol–water partition coefficient (Wildman–Crippen LogP) is 3.09. The highest BCUT2D eigenvalue weighted by atomic mass is 16.2. The van der Waals surface area contributed by atoms with Crippen LogP contribution in [-0.4, -0.2) is 46.7 Å². The standard InChI is InChI=1S/C21H25N5O2/c1-14-5-7-17(11-18(14)24-20(27)9-10-25(3)4)23-21(28)16-6-8-19-22-12-15(2)26(19)13-16/h5-8,11-13H,9-10H2,1-4H3,(H,23,28)(H,24,27). The van der Waals surface area contributed by atoms with Crippen molar-refractivity contribution in [3.63, 3.8) is 0 Å². The summed E-state index contributed by atoms with van der Waals surface area (Å²) in [6.07, 6.45) is 3.95. The molecule has 0 unspecified atom stereocenters. The van der Waals surface area contributed by atoms with Crippen molar-refractivity contribution in [1.82, 2.24) is 14.3 Å². The van der Waals surface area contributed by atoms with E-state index in [-0.39, 0.29) is 11.8 Å². The van der Waals surface area contributed by atoms with Gasteiger partial charge in [0.2, 0.25) is 5.91 Å². The van der Waals surface area contributed by atoms with Gasteiger partial charge in [-0.1, -0.05) is 6.07 Å². The number of imidazole rings is 1. The largest absolute Gasteiger partial charge is 0.326 e. The number of pyridine rings is 1. The normalized spacial score (nSPS) is 11.0. The van der Waals surface area contributed by atoms with Gasteiger partial charge in [-0.2, -0.15) is 0 Å². The van der Waals surface area contributed by atoms with E-state index in [1.165, 1.54) is 0 Å². The van der Waals surface area contributed by atoms with Crippen molar-refractivity contribution in [2.75, 3.05) is 31.3 Å². The Morgan fingerprint density at radius 1 is 1.11 bits per heavy atom. The zero-order valence-electron chi connectivity index (χ0n) is 16.6. The maximum Gasteiger partial charge on any atom is 0.257 e. The van der Waals surface area contributed by atoms with Gasteiger partial charge in [-0.15, -0.1) is 0 Å². The second-order valence-electron chi connectivity index (χ2n) is 7.13. The molecule has 2 amide bonds. The van der Waals surface area contributed by atoms with Gasteiger partial charge in [0, 0.05) is 42.4 Å². The van der Waals surface area contributed by atoms with Crippen LogP contribution in [0.15, 0.2) is 42.7 Å². The molecule has 0 saturated heterocycles. The molecule has 0 aliphatic heterocycles. The molecule has 7 heteroatoms. The van der Waals surface area contributed by atoms with Gasteiger partial charge in [-0.3, -0.25) is 9.59 Å². The molecule has 2 heterocycles. The van der Waals surface area contributed by atoms with E-state index in [0.717, 1.165) is 16.9 Å². The van der Waals surface area contributed by atoms with Gasteiger partial charge < -0.3 is 19.9 Å².